The van der Waals surface area contributed by atoms with E-state index in [2.05, 4.69) is 30.4 Å². The molecule has 1 fully saturated rings. The van der Waals surface area contributed by atoms with Crippen LogP contribution in [-0.4, -0.2) is 53.4 Å². The van der Waals surface area contributed by atoms with Gasteiger partial charge in [0, 0.05) is 45.5 Å². The molecule has 24 heavy (non-hydrogen) atoms. The Balaban J connectivity index is 1.69. The minimum absolute atomic E-state index is 0.178. The Hall–Kier alpha value is -2.64. The van der Waals surface area contributed by atoms with Crippen LogP contribution in [0.25, 0.3) is 0 Å². The molecule has 1 atom stereocenters. The number of aromatic amines is 1. The van der Waals surface area contributed by atoms with Crippen molar-refractivity contribution in [2.75, 3.05) is 42.3 Å². The quantitative estimate of drug-likeness (QED) is 0.849. The molecule has 0 saturated carbocycles. The van der Waals surface area contributed by atoms with E-state index in [1.807, 2.05) is 25.1 Å². The van der Waals surface area contributed by atoms with Gasteiger partial charge in [0.15, 0.2) is 0 Å². The molecule has 8 heteroatoms. The maximum Gasteiger partial charge on any atom is 0.264 e. The Kier molecular flexibility index (Phi) is 4.93. The van der Waals surface area contributed by atoms with Crippen molar-refractivity contribution >= 4 is 17.6 Å². The summed E-state index contributed by atoms with van der Waals surface area (Å²) in [6.07, 6.45) is 5.17. The van der Waals surface area contributed by atoms with Gasteiger partial charge in [-0.25, -0.2) is 10.1 Å². The second-order valence-electron chi connectivity index (χ2n) is 6.14. The van der Waals surface area contributed by atoms with E-state index < -0.39 is 0 Å². The Morgan fingerprint density at radius 2 is 2.21 bits per heavy atom. The highest BCUT2D eigenvalue weighted by atomic mass is 16.1. The van der Waals surface area contributed by atoms with E-state index in [0.29, 0.717) is 12.0 Å². The standard InChI is InChI=1S/C16H23N7O/c1-22(2)16-17-9-8-13(19-16)18-11-12-5-3-4-10-23(12)14-6-7-15(24)21-20-14/h6-9,12H,3-5,10-11H2,1-2H3,(H,21,24)(H,17,18,19). The van der Waals surface area contributed by atoms with Crippen LogP contribution in [0.1, 0.15) is 19.3 Å². The first-order chi connectivity index (χ1) is 11.6. The molecule has 3 rings (SSSR count). The van der Waals surface area contributed by atoms with Gasteiger partial charge >= 0.3 is 0 Å². The van der Waals surface area contributed by atoms with Crippen molar-refractivity contribution in [3.8, 4) is 0 Å². The number of anilines is 3. The normalized spacial score (nSPS) is 17.6. The van der Waals surface area contributed by atoms with Crippen LogP contribution in [0.15, 0.2) is 29.2 Å². The average Bonchev–Trinajstić information content (AvgIpc) is 2.61. The van der Waals surface area contributed by atoms with Crippen molar-refractivity contribution in [2.24, 2.45) is 0 Å². The lowest BCUT2D eigenvalue weighted by Gasteiger charge is -2.36. The average molecular weight is 329 g/mol. The van der Waals surface area contributed by atoms with Gasteiger partial charge in [-0.2, -0.15) is 10.1 Å². The van der Waals surface area contributed by atoms with E-state index in [9.17, 15) is 4.79 Å². The van der Waals surface area contributed by atoms with Crippen LogP contribution in [0.2, 0.25) is 0 Å². The molecule has 0 aromatic carbocycles. The third-order valence-corrected chi connectivity index (χ3v) is 4.15. The van der Waals surface area contributed by atoms with Gasteiger partial charge in [-0.3, -0.25) is 4.79 Å². The molecule has 2 N–H and O–H groups in total. The van der Waals surface area contributed by atoms with Gasteiger partial charge in [-0.05, 0) is 31.4 Å². The summed E-state index contributed by atoms with van der Waals surface area (Å²) in [5, 5.41) is 10.1. The number of hydrogen-bond donors (Lipinski definition) is 2. The van der Waals surface area contributed by atoms with Gasteiger partial charge in [0.1, 0.15) is 11.6 Å². The van der Waals surface area contributed by atoms with Gasteiger partial charge in [0.25, 0.3) is 5.56 Å². The Morgan fingerprint density at radius 3 is 2.96 bits per heavy atom. The minimum atomic E-state index is -0.178. The number of aromatic nitrogens is 4. The molecule has 3 heterocycles. The van der Waals surface area contributed by atoms with Crippen LogP contribution in [0.4, 0.5) is 17.6 Å². The van der Waals surface area contributed by atoms with Crippen molar-refractivity contribution in [2.45, 2.75) is 25.3 Å². The maximum absolute atomic E-state index is 11.2. The molecule has 1 unspecified atom stereocenters. The topological polar surface area (TPSA) is 90.0 Å². The van der Waals surface area contributed by atoms with Gasteiger partial charge in [0.05, 0.1) is 0 Å². The van der Waals surface area contributed by atoms with Crippen molar-refractivity contribution in [1.82, 2.24) is 20.2 Å². The summed E-state index contributed by atoms with van der Waals surface area (Å²) in [6, 6.07) is 5.49. The number of nitrogens with one attached hydrogen (secondary N) is 2. The highest BCUT2D eigenvalue weighted by molar-refractivity contribution is 5.43. The Labute approximate surface area is 140 Å². The molecule has 1 saturated heterocycles. The molecule has 0 amide bonds. The Bertz CT molecular complexity index is 710. The Morgan fingerprint density at radius 1 is 1.33 bits per heavy atom. The van der Waals surface area contributed by atoms with Gasteiger partial charge in [-0.1, -0.05) is 0 Å². The lowest BCUT2D eigenvalue weighted by Crippen LogP contribution is -2.44. The predicted octanol–water partition coefficient (Wildman–Crippen LogP) is 1.10. The summed E-state index contributed by atoms with van der Waals surface area (Å²) in [7, 11) is 3.84. The molecule has 1 aliphatic heterocycles. The monoisotopic (exact) mass is 329 g/mol. The molecule has 2 aromatic rings. The number of nitrogens with zero attached hydrogens (tertiary/aromatic N) is 5. The first-order valence-corrected chi connectivity index (χ1v) is 8.20. The van der Waals surface area contributed by atoms with Crippen LogP contribution in [0, 0.1) is 0 Å². The zero-order valence-corrected chi connectivity index (χ0v) is 14.1. The van der Waals surface area contributed by atoms with Crippen molar-refractivity contribution in [3.05, 3.63) is 34.7 Å². The molecule has 2 aromatic heterocycles. The van der Waals surface area contributed by atoms with Crippen LogP contribution >= 0.6 is 0 Å². The van der Waals surface area contributed by atoms with E-state index in [0.717, 1.165) is 37.6 Å². The van der Waals surface area contributed by atoms with Gasteiger partial charge in [0.2, 0.25) is 5.95 Å². The summed E-state index contributed by atoms with van der Waals surface area (Å²) >= 11 is 0. The summed E-state index contributed by atoms with van der Waals surface area (Å²) in [6.45, 7) is 1.71. The smallest absolute Gasteiger partial charge is 0.264 e. The van der Waals surface area contributed by atoms with Crippen LogP contribution in [0.3, 0.4) is 0 Å². The molecule has 0 bridgehead atoms. The summed E-state index contributed by atoms with van der Waals surface area (Å²) in [5.74, 6) is 2.31. The molecule has 128 valence electrons. The summed E-state index contributed by atoms with van der Waals surface area (Å²) in [4.78, 5) is 24.1. The summed E-state index contributed by atoms with van der Waals surface area (Å²) in [5.41, 5.74) is -0.178. The largest absolute Gasteiger partial charge is 0.368 e. The lowest BCUT2D eigenvalue weighted by molar-refractivity contribution is 0.467. The van der Waals surface area contributed by atoms with Crippen molar-refractivity contribution in [1.29, 1.82) is 0 Å². The highest BCUT2D eigenvalue weighted by Crippen LogP contribution is 2.22. The molecule has 1 aliphatic rings. The van der Waals surface area contributed by atoms with E-state index >= 15 is 0 Å². The molecule has 0 aliphatic carbocycles. The fourth-order valence-electron chi connectivity index (χ4n) is 2.90. The highest BCUT2D eigenvalue weighted by Gasteiger charge is 2.23. The molecule has 0 radical (unpaired) electrons. The first-order valence-electron chi connectivity index (χ1n) is 8.20. The van der Waals surface area contributed by atoms with Crippen LogP contribution < -0.4 is 20.7 Å². The minimum Gasteiger partial charge on any atom is -0.368 e. The molecular weight excluding hydrogens is 306 g/mol. The third kappa shape index (κ3) is 3.81. The fourth-order valence-corrected chi connectivity index (χ4v) is 2.90. The zero-order chi connectivity index (χ0) is 16.9. The zero-order valence-electron chi connectivity index (χ0n) is 14.1. The molecular formula is C16H23N7O. The maximum atomic E-state index is 11.2. The van der Waals surface area contributed by atoms with E-state index in [1.165, 1.54) is 12.5 Å². The fraction of sp³-hybridized carbons (Fsp3) is 0.500. The first kappa shape index (κ1) is 16.2. The molecule has 8 nitrogen and oxygen atoms in total. The van der Waals surface area contributed by atoms with E-state index in [-0.39, 0.29) is 5.56 Å². The third-order valence-electron chi connectivity index (χ3n) is 4.15. The number of rotatable bonds is 5. The second-order valence-corrected chi connectivity index (χ2v) is 6.14. The van der Waals surface area contributed by atoms with E-state index in [4.69, 9.17) is 0 Å². The lowest BCUT2D eigenvalue weighted by atomic mass is 10.0. The van der Waals surface area contributed by atoms with E-state index in [1.54, 1.807) is 12.3 Å². The van der Waals surface area contributed by atoms with Crippen molar-refractivity contribution in [3.63, 3.8) is 0 Å². The second kappa shape index (κ2) is 7.29. The number of piperidine rings is 1. The van der Waals surface area contributed by atoms with Crippen molar-refractivity contribution < 1.29 is 0 Å². The van der Waals surface area contributed by atoms with Gasteiger partial charge < -0.3 is 15.1 Å². The van der Waals surface area contributed by atoms with Crippen LogP contribution in [0.5, 0.6) is 0 Å². The molecule has 0 spiro atoms. The number of hydrogen-bond acceptors (Lipinski definition) is 7. The SMILES string of the molecule is CN(C)c1nccc(NCC2CCCCN2c2ccc(=O)[nH]n2)n1. The van der Waals surface area contributed by atoms with Gasteiger partial charge in [-0.15, -0.1) is 0 Å². The summed E-state index contributed by atoms with van der Waals surface area (Å²) < 4.78 is 0. The van der Waals surface area contributed by atoms with Crippen LogP contribution in [-0.2, 0) is 0 Å². The number of H-pyrrole nitrogens is 1. The predicted molar refractivity (Wildman–Crippen MR) is 94.7 cm³/mol.